The SMILES string of the molecule is COc1cc(C(=O)NCC(C)Oc2ccccc2Cl)ccc1-n1cnc(C)c1. The lowest BCUT2D eigenvalue weighted by atomic mass is 10.1. The Bertz CT molecular complexity index is 971. The first-order valence-corrected chi connectivity index (χ1v) is 9.24. The van der Waals surface area contributed by atoms with E-state index in [2.05, 4.69) is 10.3 Å². The van der Waals surface area contributed by atoms with Crippen LogP contribution in [-0.2, 0) is 0 Å². The predicted molar refractivity (Wildman–Crippen MR) is 109 cm³/mol. The summed E-state index contributed by atoms with van der Waals surface area (Å²) in [5.74, 6) is 0.972. The third kappa shape index (κ3) is 4.64. The second-order valence-corrected chi connectivity index (χ2v) is 6.79. The van der Waals surface area contributed by atoms with Crippen LogP contribution in [0.5, 0.6) is 11.5 Å². The zero-order chi connectivity index (χ0) is 20.1. The maximum atomic E-state index is 12.5. The van der Waals surface area contributed by atoms with E-state index in [9.17, 15) is 4.79 Å². The molecule has 3 aromatic rings. The zero-order valence-electron chi connectivity index (χ0n) is 16.0. The number of amides is 1. The molecule has 1 unspecified atom stereocenters. The van der Waals surface area contributed by atoms with Gasteiger partial charge in [0.1, 0.15) is 17.6 Å². The predicted octanol–water partition coefficient (Wildman–Crippen LogP) is 4.04. The summed E-state index contributed by atoms with van der Waals surface area (Å²) in [5.41, 5.74) is 2.22. The average Bonchev–Trinajstić information content (AvgIpc) is 3.13. The minimum absolute atomic E-state index is 0.207. The summed E-state index contributed by atoms with van der Waals surface area (Å²) in [6, 6.07) is 12.5. The van der Waals surface area contributed by atoms with E-state index in [1.165, 1.54) is 0 Å². The number of methoxy groups -OCH3 is 1. The van der Waals surface area contributed by atoms with Crippen molar-refractivity contribution in [1.82, 2.24) is 14.9 Å². The van der Waals surface area contributed by atoms with Crippen LogP contribution in [0.15, 0.2) is 55.0 Å². The molecule has 0 fully saturated rings. The Morgan fingerprint density at radius 3 is 2.71 bits per heavy atom. The third-order valence-electron chi connectivity index (χ3n) is 4.15. The summed E-state index contributed by atoms with van der Waals surface area (Å²) in [5, 5.41) is 3.41. The number of benzene rings is 2. The van der Waals surface area contributed by atoms with Crippen molar-refractivity contribution >= 4 is 17.5 Å². The Balaban J connectivity index is 1.65. The summed E-state index contributed by atoms with van der Waals surface area (Å²) < 4.78 is 13.1. The lowest BCUT2D eigenvalue weighted by molar-refractivity contribution is 0.0932. The van der Waals surface area contributed by atoms with E-state index in [1.54, 1.807) is 37.7 Å². The molecule has 3 rings (SSSR count). The number of carbonyl (C=O) groups is 1. The van der Waals surface area contributed by atoms with Gasteiger partial charge in [-0.2, -0.15) is 0 Å². The van der Waals surface area contributed by atoms with E-state index in [1.807, 2.05) is 42.8 Å². The maximum absolute atomic E-state index is 12.5. The number of nitrogens with one attached hydrogen (secondary N) is 1. The number of aryl methyl sites for hydroxylation is 1. The fourth-order valence-electron chi connectivity index (χ4n) is 2.72. The van der Waals surface area contributed by atoms with Crippen LogP contribution in [0.4, 0.5) is 0 Å². The van der Waals surface area contributed by atoms with E-state index < -0.39 is 0 Å². The molecule has 28 heavy (non-hydrogen) atoms. The molecule has 0 radical (unpaired) electrons. The molecule has 1 heterocycles. The van der Waals surface area contributed by atoms with Crippen molar-refractivity contribution in [3.63, 3.8) is 0 Å². The molecule has 0 saturated heterocycles. The van der Waals surface area contributed by atoms with Gasteiger partial charge in [0.25, 0.3) is 5.91 Å². The number of rotatable bonds is 7. The van der Waals surface area contributed by atoms with Crippen molar-refractivity contribution in [3.8, 4) is 17.2 Å². The Labute approximate surface area is 169 Å². The molecule has 6 nitrogen and oxygen atoms in total. The van der Waals surface area contributed by atoms with Crippen LogP contribution in [0.1, 0.15) is 23.0 Å². The molecule has 0 aliphatic rings. The van der Waals surface area contributed by atoms with Gasteiger partial charge in [0.2, 0.25) is 0 Å². The highest BCUT2D eigenvalue weighted by molar-refractivity contribution is 6.32. The highest BCUT2D eigenvalue weighted by Gasteiger charge is 2.14. The van der Waals surface area contributed by atoms with Crippen LogP contribution < -0.4 is 14.8 Å². The molecule has 0 aliphatic carbocycles. The van der Waals surface area contributed by atoms with Gasteiger partial charge < -0.3 is 19.4 Å². The van der Waals surface area contributed by atoms with Crippen LogP contribution in [0.2, 0.25) is 5.02 Å². The lowest BCUT2D eigenvalue weighted by Crippen LogP contribution is -2.33. The fourth-order valence-corrected chi connectivity index (χ4v) is 2.90. The number of imidazole rings is 1. The zero-order valence-corrected chi connectivity index (χ0v) is 16.7. The van der Waals surface area contributed by atoms with Gasteiger partial charge in [0, 0.05) is 11.8 Å². The first kappa shape index (κ1) is 19.8. The van der Waals surface area contributed by atoms with Crippen molar-refractivity contribution in [3.05, 3.63) is 71.3 Å². The van der Waals surface area contributed by atoms with Crippen LogP contribution in [0.3, 0.4) is 0 Å². The average molecular weight is 400 g/mol. The molecular formula is C21H22ClN3O3. The maximum Gasteiger partial charge on any atom is 0.251 e. The van der Waals surface area contributed by atoms with Gasteiger partial charge in [0.05, 0.1) is 36.4 Å². The van der Waals surface area contributed by atoms with E-state index in [4.69, 9.17) is 21.1 Å². The van der Waals surface area contributed by atoms with Crippen LogP contribution in [-0.4, -0.2) is 35.2 Å². The van der Waals surface area contributed by atoms with Gasteiger partial charge >= 0.3 is 0 Å². The lowest BCUT2D eigenvalue weighted by Gasteiger charge is -2.17. The highest BCUT2D eigenvalue weighted by atomic mass is 35.5. The van der Waals surface area contributed by atoms with E-state index >= 15 is 0 Å². The van der Waals surface area contributed by atoms with Gasteiger partial charge in [-0.1, -0.05) is 23.7 Å². The fraction of sp³-hybridized carbons (Fsp3) is 0.238. The Kier molecular flexibility index (Phi) is 6.21. The van der Waals surface area contributed by atoms with Gasteiger partial charge in [-0.15, -0.1) is 0 Å². The standard InChI is InChI=1S/C21H22ClN3O3/c1-14-12-25(13-24-14)18-9-8-16(10-20(18)27-3)21(26)23-11-15(2)28-19-7-5-4-6-17(19)22/h4-10,12-13,15H,11H2,1-3H3,(H,23,26). The van der Waals surface area contributed by atoms with Crippen molar-refractivity contribution in [2.75, 3.05) is 13.7 Å². The molecule has 2 aromatic carbocycles. The number of ether oxygens (including phenoxy) is 2. The molecule has 1 amide bonds. The molecule has 0 aliphatic heterocycles. The van der Waals surface area contributed by atoms with Crippen molar-refractivity contribution < 1.29 is 14.3 Å². The van der Waals surface area contributed by atoms with Crippen molar-refractivity contribution in [1.29, 1.82) is 0 Å². The van der Waals surface area contributed by atoms with E-state index in [0.717, 1.165) is 11.4 Å². The summed E-state index contributed by atoms with van der Waals surface area (Å²) in [4.78, 5) is 16.7. The number of carbonyl (C=O) groups excluding carboxylic acids is 1. The summed E-state index contributed by atoms with van der Waals surface area (Å²) in [6.45, 7) is 4.13. The summed E-state index contributed by atoms with van der Waals surface area (Å²) in [6.07, 6.45) is 3.37. The Morgan fingerprint density at radius 1 is 1.25 bits per heavy atom. The molecule has 1 N–H and O–H groups in total. The molecular weight excluding hydrogens is 378 g/mol. The van der Waals surface area contributed by atoms with Crippen LogP contribution in [0, 0.1) is 6.92 Å². The first-order chi connectivity index (χ1) is 13.5. The number of aromatic nitrogens is 2. The Morgan fingerprint density at radius 2 is 2.04 bits per heavy atom. The Hall–Kier alpha value is -2.99. The summed E-state index contributed by atoms with van der Waals surface area (Å²) in [7, 11) is 1.57. The van der Waals surface area contributed by atoms with Gasteiger partial charge in [-0.3, -0.25) is 4.79 Å². The summed E-state index contributed by atoms with van der Waals surface area (Å²) >= 11 is 6.09. The monoisotopic (exact) mass is 399 g/mol. The topological polar surface area (TPSA) is 65.4 Å². The molecule has 0 saturated carbocycles. The minimum Gasteiger partial charge on any atom is -0.495 e. The molecule has 0 bridgehead atoms. The molecule has 146 valence electrons. The molecule has 7 heteroatoms. The number of para-hydroxylation sites is 1. The van der Waals surface area contributed by atoms with Gasteiger partial charge in [-0.25, -0.2) is 4.98 Å². The van der Waals surface area contributed by atoms with E-state index in [-0.39, 0.29) is 12.0 Å². The van der Waals surface area contributed by atoms with Crippen molar-refractivity contribution in [2.45, 2.75) is 20.0 Å². The van der Waals surface area contributed by atoms with Crippen molar-refractivity contribution in [2.24, 2.45) is 0 Å². The first-order valence-electron chi connectivity index (χ1n) is 8.86. The van der Waals surface area contributed by atoms with Gasteiger partial charge in [-0.05, 0) is 44.2 Å². The molecule has 1 aromatic heterocycles. The second-order valence-electron chi connectivity index (χ2n) is 6.38. The normalized spacial score (nSPS) is 11.7. The van der Waals surface area contributed by atoms with E-state index in [0.29, 0.717) is 28.6 Å². The molecule has 0 spiro atoms. The smallest absolute Gasteiger partial charge is 0.251 e. The molecule has 1 atom stereocenters. The quantitative estimate of drug-likeness (QED) is 0.651. The van der Waals surface area contributed by atoms with Crippen LogP contribution >= 0.6 is 11.6 Å². The number of nitrogens with zero attached hydrogens (tertiary/aromatic N) is 2. The number of halogens is 1. The number of hydrogen-bond donors (Lipinski definition) is 1. The second kappa shape index (κ2) is 8.80. The minimum atomic E-state index is -0.237. The van der Waals surface area contributed by atoms with Crippen LogP contribution in [0.25, 0.3) is 5.69 Å². The highest BCUT2D eigenvalue weighted by Crippen LogP contribution is 2.25. The third-order valence-corrected chi connectivity index (χ3v) is 4.46. The number of hydrogen-bond acceptors (Lipinski definition) is 4. The van der Waals surface area contributed by atoms with Gasteiger partial charge in [0.15, 0.2) is 0 Å². The largest absolute Gasteiger partial charge is 0.495 e.